The zero-order chi connectivity index (χ0) is 18.1. The van der Waals surface area contributed by atoms with Crippen molar-refractivity contribution in [2.75, 3.05) is 19.6 Å². The number of benzene rings is 2. The third-order valence-electron chi connectivity index (χ3n) is 3.56. The number of nitrogens with one attached hydrogen (secondary N) is 2. The average Bonchev–Trinajstić information content (AvgIpc) is 2.58. The molecule has 0 aromatic heterocycles. The number of ether oxygens (including phenoxy) is 1. The van der Waals surface area contributed by atoms with Crippen LogP contribution in [0.1, 0.15) is 18.1 Å². The summed E-state index contributed by atoms with van der Waals surface area (Å²) in [5, 5.41) is 15.7. The molecule has 0 saturated carbocycles. The Hall–Kier alpha value is -1.47. The number of rotatable bonds is 10. The van der Waals surface area contributed by atoms with Gasteiger partial charge in [0.1, 0.15) is 18.2 Å². The molecule has 0 heterocycles. The maximum absolute atomic E-state index is 13.0. The van der Waals surface area contributed by atoms with Gasteiger partial charge in [0.2, 0.25) is 0 Å². The highest BCUT2D eigenvalue weighted by atomic mass is 79.9. The van der Waals surface area contributed by atoms with E-state index in [2.05, 4.69) is 26.6 Å². The quantitative estimate of drug-likeness (QED) is 0.526. The summed E-state index contributed by atoms with van der Waals surface area (Å²) in [7, 11) is 0. The van der Waals surface area contributed by atoms with Crippen LogP contribution < -0.4 is 15.4 Å². The lowest BCUT2D eigenvalue weighted by Crippen LogP contribution is -2.31. The van der Waals surface area contributed by atoms with Crippen LogP contribution in [0.5, 0.6) is 5.75 Å². The van der Waals surface area contributed by atoms with Crippen LogP contribution in [0.3, 0.4) is 0 Å². The lowest BCUT2D eigenvalue weighted by Gasteiger charge is -2.13. The summed E-state index contributed by atoms with van der Waals surface area (Å²) in [6.07, 6.45) is -0.337. The largest absolute Gasteiger partial charge is 0.489 e. The molecule has 0 saturated heterocycles. The van der Waals surface area contributed by atoms with Gasteiger partial charge in [0, 0.05) is 36.2 Å². The third-order valence-corrected chi connectivity index (χ3v) is 4.06. The van der Waals surface area contributed by atoms with Gasteiger partial charge in [0.05, 0.1) is 6.10 Å². The standard InChI is InChI=1S/C19H24BrFN2O2/c1-14(24)11-22-8-9-23-12-16-10-17(20)4-7-19(16)25-13-15-2-5-18(21)6-3-15/h2-7,10,14,22-24H,8-9,11-13H2,1H3. The van der Waals surface area contributed by atoms with Crippen LogP contribution in [0.2, 0.25) is 0 Å². The molecule has 25 heavy (non-hydrogen) atoms. The number of halogens is 2. The SMILES string of the molecule is CC(O)CNCCNCc1cc(Br)ccc1OCc1ccc(F)cc1. The molecule has 0 amide bonds. The molecule has 1 unspecified atom stereocenters. The van der Waals surface area contributed by atoms with Crippen LogP contribution in [0, 0.1) is 5.82 Å². The van der Waals surface area contributed by atoms with Crippen molar-refractivity contribution in [2.45, 2.75) is 26.2 Å². The highest BCUT2D eigenvalue weighted by Gasteiger charge is 2.06. The zero-order valence-electron chi connectivity index (χ0n) is 14.3. The molecule has 0 aliphatic carbocycles. The molecule has 0 fully saturated rings. The van der Waals surface area contributed by atoms with Crippen LogP contribution in [0.4, 0.5) is 4.39 Å². The van der Waals surface area contributed by atoms with Gasteiger partial charge >= 0.3 is 0 Å². The average molecular weight is 411 g/mol. The van der Waals surface area contributed by atoms with Crippen molar-refractivity contribution in [3.8, 4) is 5.75 Å². The summed E-state index contributed by atoms with van der Waals surface area (Å²) in [6.45, 7) is 4.98. The van der Waals surface area contributed by atoms with Gasteiger partial charge in [-0.3, -0.25) is 0 Å². The molecule has 6 heteroatoms. The third kappa shape index (κ3) is 7.52. The fourth-order valence-corrected chi connectivity index (χ4v) is 2.69. The van der Waals surface area contributed by atoms with Crippen LogP contribution in [-0.4, -0.2) is 30.8 Å². The summed E-state index contributed by atoms with van der Waals surface area (Å²) in [5.74, 6) is 0.554. The first kappa shape index (κ1) is 19.8. The Morgan fingerprint density at radius 2 is 1.84 bits per heavy atom. The number of aliphatic hydroxyl groups excluding tert-OH is 1. The molecule has 0 bridgehead atoms. The van der Waals surface area contributed by atoms with Gasteiger partial charge in [-0.2, -0.15) is 0 Å². The summed E-state index contributed by atoms with van der Waals surface area (Å²) < 4.78 is 19.8. The first-order chi connectivity index (χ1) is 12.0. The maximum Gasteiger partial charge on any atom is 0.124 e. The Morgan fingerprint density at radius 1 is 1.12 bits per heavy atom. The van der Waals surface area contributed by atoms with Crippen LogP contribution in [-0.2, 0) is 13.2 Å². The smallest absolute Gasteiger partial charge is 0.124 e. The van der Waals surface area contributed by atoms with Crippen LogP contribution in [0.25, 0.3) is 0 Å². The lowest BCUT2D eigenvalue weighted by atomic mass is 10.2. The van der Waals surface area contributed by atoms with E-state index in [0.29, 0.717) is 19.7 Å². The van der Waals surface area contributed by atoms with E-state index in [-0.39, 0.29) is 11.9 Å². The lowest BCUT2D eigenvalue weighted by molar-refractivity contribution is 0.191. The predicted octanol–water partition coefficient (Wildman–Crippen LogP) is 3.23. The fourth-order valence-electron chi connectivity index (χ4n) is 2.28. The fraction of sp³-hybridized carbons (Fsp3) is 0.368. The number of hydrogen-bond acceptors (Lipinski definition) is 4. The molecule has 2 rings (SSSR count). The van der Waals surface area contributed by atoms with Crippen molar-refractivity contribution in [1.82, 2.24) is 10.6 Å². The summed E-state index contributed by atoms with van der Waals surface area (Å²) in [4.78, 5) is 0. The van der Waals surface area contributed by atoms with Crippen molar-refractivity contribution in [3.63, 3.8) is 0 Å². The first-order valence-corrected chi connectivity index (χ1v) is 9.09. The second-order valence-corrected chi connectivity index (χ2v) is 6.81. The molecule has 1 atom stereocenters. The summed E-state index contributed by atoms with van der Waals surface area (Å²) in [6, 6.07) is 12.2. The normalized spacial score (nSPS) is 12.2. The Bertz CT molecular complexity index is 650. The molecular weight excluding hydrogens is 387 g/mol. The van der Waals surface area contributed by atoms with Crippen molar-refractivity contribution < 1.29 is 14.2 Å². The topological polar surface area (TPSA) is 53.5 Å². The van der Waals surface area contributed by atoms with Gasteiger partial charge in [-0.1, -0.05) is 28.1 Å². The first-order valence-electron chi connectivity index (χ1n) is 8.30. The molecule has 0 radical (unpaired) electrons. The van der Waals surface area contributed by atoms with E-state index in [1.165, 1.54) is 12.1 Å². The van der Waals surface area contributed by atoms with E-state index >= 15 is 0 Å². The van der Waals surface area contributed by atoms with E-state index in [1.807, 2.05) is 18.2 Å². The van der Waals surface area contributed by atoms with Crippen molar-refractivity contribution in [2.24, 2.45) is 0 Å². The molecule has 3 N–H and O–H groups in total. The predicted molar refractivity (Wildman–Crippen MR) is 101 cm³/mol. The van der Waals surface area contributed by atoms with E-state index in [9.17, 15) is 9.50 Å². The van der Waals surface area contributed by atoms with Crippen molar-refractivity contribution in [1.29, 1.82) is 0 Å². The maximum atomic E-state index is 13.0. The Labute approximate surface area is 156 Å². The molecule has 2 aromatic carbocycles. The highest BCUT2D eigenvalue weighted by molar-refractivity contribution is 9.10. The van der Waals surface area contributed by atoms with Crippen molar-refractivity contribution >= 4 is 15.9 Å². The number of hydrogen-bond donors (Lipinski definition) is 3. The van der Waals surface area contributed by atoms with Gasteiger partial charge in [-0.25, -0.2) is 4.39 Å². The molecule has 2 aromatic rings. The second-order valence-electron chi connectivity index (χ2n) is 5.90. The minimum atomic E-state index is -0.337. The molecule has 136 valence electrons. The monoisotopic (exact) mass is 410 g/mol. The van der Waals surface area contributed by atoms with Crippen LogP contribution >= 0.6 is 15.9 Å². The minimum Gasteiger partial charge on any atom is -0.489 e. The second kappa shape index (κ2) is 10.5. The highest BCUT2D eigenvalue weighted by Crippen LogP contribution is 2.24. The van der Waals surface area contributed by atoms with E-state index < -0.39 is 0 Å². The van der Waals surface area contributed by atoms with E-state index in [4.69, 9.17) is 4.74 Å². The van der Waals surface area contributed by atoms with Gasteiger partial charge in [-0.15, -0.1) is 0 Å². The Kier molecular flexibility index (Phi) is 8.34. The summed E-state index contributed by atoms with van der Waals surface area (Å²) >= 11 is 3.48. The van der Waals surface area contributed by atoms with Gasteiger partial charge in [0.15, 0.2) is 0 Å². The Morgan fingerprint density at radius 3 is 2.56 bits per heavy atom. The molecule has 4 nitrogen and oxygen atoms in total. The summed E-state index contributed by atoms with van der Waals surface area (Å²) in [5.41, 5.74) is 1.97. The van der Waals surface area contributed by atoms with Gasteiger partial charge in [-0.05, 0) is 42.8 Å². The molecule has 0 aliphatic rings. The van der Waals surface area contributed by atoms with Crippen LogP contribution in [0.15, 0.2) is 46.9 Å². The van der Waals surface area contributed by atoms with Crippen molar-refractivity contribution in [3.05, 3.63) is 63.9 Å². The zero-order valence-corrected chi connectivity index (χ0v) is 15.9. The Balaban J connectivity index is 1.85. The minimum absolute atomic E-state index is 0.249. The van der Waals surface area contributed by atoms with E-state index in [1.54, 1.807) is 19.1 Å². The molecule has 0 aliphatic heterocycles. The molecule has 0 spiro atoms. The van der Waals surface area contributed by atoms with E-state index in [0.717, 1.165) is 34.4 Å². The number of aliphatic hydroxyl groups is 1. The molecular formula is C19H24BrFN2O2. The van der Waals surface area contributed by atoms with Gasteiger partial charge < -0.3 is 20.5 Å². The van der Waals surface area contributed by atoms with Gasteiger partial charge in [0.25, 0.3) is 0 Å².